The largest absolute Gasteiger partial charge is 0.463 e. The van der Waals surface area contributed by atoms with Crippen molar-refractivity contribution in [1.82, 2.24) is 19.7 Å². The number of morpholine rings is 1. The zero-order valence-electron chi connectivity index (χ0n) is 20.8. The number of ether oxygens (including phenoxy) is 1. The van der Waals surface area contributed by atoms with Crippen LogP contribution in [-0.4, -0.2) is 77.2 Å². The lowest BCUT2D eigenvalue weighted by Gasteiger charge is -2.45. The number of carbonyl (C=O) groups is 2. The van der Waals surface area contributed by atoms with Gasteiger partial charge in [-0.15, -0.1) is 0 Å². The first-order valence-electron chi connectivity index (χ1n) is 13.2. The predicted octanol–water partition coefficient (Wildman–Crippen LogP) is 3.52. The fourth-order valence-corrected chi connectivity index (χ4v) is 5.77. The van der Waals surface area contributed by atoms with Crippen LogP contribution in [0.5, 0.6) is 0 Å². The van der Waals surface area contributed by atoms with Crippen LogP contribution in [0.2, 0.25) is 0 Å². The van der Waals surface area contributed by atoms with Crippen LogP contribution in [0.25, 0.3) is 11.5 Å². The highest BCUT2D eigenvalue weighted by Gasteiger charge is 2.48. The van der Waals surface area contributed by atoms with Crippen LogP contribution < -0.4 is 5.32 Å². The Morgan fingerprint density at radius 1 is 1.03 bits per heavy atom. The third kappa shape index (κ3) is 5.05. The van der Waals surface area contributed by atoms with Crippen LogP contribution in [-0.2, 0) is 16.1 Å². The molecule has 2 aliphatic heterocycles. The van der Waals surface area contributed by atoms with Crippen molar-refractivity contribution in [3.05, 3.63) is 36.2 Å². The Morgan fingerprint density at radius 3 is 2.46 bits per heavy atom. The van der Waals surface area contributed by atoms with Crippen LogP contribution in [0.1, 0.15) is 62.4 Å². The van der Waals surface area contributed by atoms with E-state index in [1.807, 2.05) is 40.7 Å². The average Bonchev–Trinajstić information content (AvgIpc) is 3.51. The van der Waals surface area contributed by atoms with Crippen LogP contribution in [0.15, 0.2) is 34.9 Å². The molecule has 2 aromatic heterocycles. The summed E-state index contributed by atoms with van der Waals surface area (Å²) in [5.41, 5.74) is 0.449. The number of nitrogens with one attached hydrogen (secondary N) is 1. The Balaban J connectivity index is 1.42. The number of rotatable bonds is 6. The highest BCUT2D eigenvalue weighted by atomic mass is 16.5. The van der Waals surface area contributed by atoms with Crippen molar-refractivity contribution in [3.63, 3.8) is 0 Å². The van der Waals surface area contributed by atoms with E-state index in [2.05, 4.69) is 10.2 Å². The molecule has 4 heterocycles. The van der Waals surface area contributed by atoms with Gasteiger partial charge in [-0.25, -0.2) is 0 Å². The van der Waals surface area contributed by atoms with Gasteiger partial charge >= 0.3 is 0 Å². The predicted molar refractivity (Wildman–Crippen MR) is 133 cm³/mol. The van der Waals surface area contributed by atoms with E-state index in [4.69, 9.17) is 9.15 Å². The van der Waals surface area contributed by atoms with E-state index in [0.717, 1.165) is 51.0 Å². The fourth-order valence-electron chi connectivity index (χ4n) is 5.77. The molecule has 1 atom stereocenters. The minimum absolute atomic E-state index is 0.0526. The van der Waals surface area contributed by atoms with Crippen LogP contribution in [0, 0.1) is 0 Å². The van der Waals surface area contributed by atoms with Crippen LogP contribution >= 0.6 is 0 Å². The first-order valence-corrected chi connectivity index (χ1v) is 13.2. The van der Waals surface area contributed by atoms with Crippen molar-refractivity contribution in [2.24, 2.45) is 0 Å². The minimum Gasteiger partial charge on any atom is -0.463 e. The summed E-state index contributed by atoms with van der Waals surface area (Å²) >= 11 is 0. The molecule has 0 unspecified atom stereocenters. The van der Waals surface area contributed by atoms with Gasteiger partial charge in [0.1, 0.15) is 17.0 Å². The Hall–Kier alpha value is -2.58. The number of nitrogens with zero attached hydrogens (tertiary/aromatic N) is 3. The molecular formula is C27H38N4O4. The van der Waals surface area contributed by atoms with Gasteiger partial charge in [-0.1, -0.05) is 32.1 Å². The molecule has 8 heteroatoms. The summed E-state index contributed by atoms with van der Waals surface area (Å²) in [7, 11) is 0. The van der Waals surface area contributed by atoms with Crippen molar-refractivity contribution in [2.75, 3.05) is 39.4 Å². The Morgan fingerprint density at radius 2 is 1.74 bits per heavy atom. The molecule has 0 aromatic carbocycles. The number of fused-ring (bicyclic) bond motifs is 1. The molecule has 2 aromatic rings. The molecule has 8 nitrogen and oxygen atoms in total. The second-order valence-electron chi connectivity index (χ2n) is 10.4. The van der Waals surface area contributed by atoms with Crippen molar-refractivity contribution in [2.45, 2.75) is 70.0 Å². The molecule has 1 saturated heterocycles. The molecule has 0 spiro atoms. The molecule has 5 rings (SSSR count). The fraction of sp³-hybridized carbons (Fsp3) is 0.630. The normalized spacial score (nSPS) is 24.6. The maximum atomic E-state index is 13.9. The number of furan rings is 1. The standard InChI is InChI=1S/C27H38N4O4/c1-27(26(33)28-21-8-5-3-2-4-6-9-21)20-30-22(24-10-7-17-35-24)11-12-23(30)25(32)31(27)14-13-29-15-18-34-19-16-29/h7,10-12,17,21H,2-6,8-9,13-16,18-20H2,1H3,(H,28,33)/t27-/m1/s1. The van der Waals surface area contributed by atoms with E-state index in [0.29, 0.717) is 37.8 Å². The van der Waals surface area contributed by atoms with Gasteiger partial charge < -0.3 is 23.9 Å². The third-order valence-corrected chi connectivity index (χ3v) is 7.95. The maximum Gasteiger partial charge on any atom is 0.271 e. The zero-order valence-corrected chi connectivity index (χ0v) is 20.8. The van der Waals surface area contributed by atoms with E-state index >= 15 is 0 Å². The van der Waals surface area contributed by atoms with Gasteiger partial charge in [-0.05, 0) is 44.0 Å². The first-order chi connectivity index (χ1) is 17.1. The van der Waals surface area contributed by atoms with E-state index < -0.39 is 5.54 Å². The van der Waals surface area contributed by atoms with Gasteiger partial charge in [0.25, 0.3) is 5.91 Å². The summed E-state index contributed by atoms with van der Waals surface area (Å²) in [5, 5.41) is 3.36. The highest BCUT2D eigenvalue weighted by molar-refractivity contribution is 6.00. The monoisotopic (exact) mass is 482 g/mol. The maximum absolute atomic E-state index is 13.9. The quantitative estimate of drug-likeness (QED) is 0.682. The van der Waals surface area contributed by atoms with Crippen molar-refractivity contribution < 1.29 is 18.7 Å². The summed E-state index contributed by atoms with van der Waals surface area (Å²) in [6.45, 7) is 6.70. The van der Waals surface area contributed by atoms with Gasteiger partial charge in [0.2, 0.25) is 5.91 Å². The minimum atomic E-state index is -0.987. The smallest absolute Gasteiger partial charge is 0.271 e. The molecule has 3 aliphatic rings. The molecule has 190 valence electrons. The van der Waals surface area contributed by atoms with Gasteiger partial charge in [0, 0.05) is 32.2 Å². The van der Waals surface area contributed by atoms with Crippen molar-refractivity contribution >= 4 is 11.8 Å². The van der Waals surface area contributed by atoms with Crippen LogP contribution in [0.3, 0.4) is 0 Å². The number of amides is 2. The van der Waals surface area contributed by atoms with Gasteiger partial charge in [0.05, 0.1) is 31.7 Å². The third-order valence-electron chi connectivity index (χ3n) is 7.95. The van der Waals surface area contributed by atoms with E-state index in [-0.39, 0.29) is 17.9 Å². The molecule has 1 aliphatic carbocycles. The molecule has 1 saturated carbocycles. The zero-order chi connectivity index (χ0) is 24.3. The van der Waals surface area contributed by atoms with E-state index in [1.54, 1.807) is 6.26 Å². The second-order valence-corrected chi connectivity index (χ2v) is 10.4. The summed E-state index contributed by atoms with van der Waals surface area (Å²) in [4.78, 5) is 31.9. The van der Waals surface area contributed by atoms with E-state index in [1.165, 1.54) is 19.3 Å². The lowest BCUT2D eigenvalue weighted by atomic mass is 9.92. The number of hydrogen-bond donors (Lipinski definition) is 1. The number of carbonyl (C=O) groups excluding carboxylic acids is 2. The second kappa shape index (κ2) is 10.6. The molecule has 35 heavy (non-hydrogen) atoms. The molecule has 2 fully saturated rings. The topological polar surface area (TPSA) is 80.0 Å². The van der Waals surface area contributed by atoms with Gasteiger partial charge in [0.15, 0.2) is 0 Å². The number of aromatic nitrogens is 1. The Bertz CT molecular complexity index is 1000. The summed E-state index contributed by atoms with van der Waals surface area (Å²) < 4.78 is 13.1. The molecule has 2 amide bonds. The molecule has 0 radical (unpaired) electrons. The summed E-state index contributed by atoms with van der Waals surface area (Å²) in [5.74, 6) is 0.550. The molecule has 0 bridgehead atoms. The molecule has 1 N–H and O–H groups in total. The van der Waals surface area contributed by atoms with Crippen molar-refractivity contribution in [3.8, 4) is 11.5 Å². The Labute approximate surface area is 207 Å². The lowest BCUT2D eigenvalue weighted by Crippen LogP contribution is -2.66. The average molecular weight is 483 g/mol. The van der Waals surface area contributed by atoms with Gasteiger partial charge in [-0.2, -0.15) is 0 Å². The molecular weight excluding hydrogens is 444 g/mol. The van der Waals surface area contributed by atoms with Gasteiger partial charge in [-0.3, -0.25) is 14.5 Å². The number of hydrogen-bond acceptors (Lipinski definition) is 5. The van der Waals surface area contributed by atoms with E-state index in [9.17, 15) is 9.59 Å². The van der Waals surface area contributed by atoms with Crippen molar-refractivity contribution in [1.29, 1.82) is 0 Å². The highest BCUT2D eigenvalue weighted by Crippen LogP contribution is 2.33. The Kier molecular flexibility index (Phi) is 7.29. The lowest BCUT2D eigenvalue weighted by molar-refractivity contribution is -0.134. The summed E-state index contributed by atoms with van der Waals surface area (Å²) in [6, 6.07) is 7.68. The first kappa shape index (κ1) is 24.1. The van der Waals surface area contributed by atoms with Crippen LogP contribution in [0.4, 0.5) is 0 Å². The SMILES string of the molecule is C[C@]1(C(=O)NC2CCCCCCC2)Cn2c(ccc2-c2ccco2)C(=O)N1CCN1CCOCC1. The summed E-state index contributed by atoms with van der Waals surface area (Å²) in [6.07, 6.45) is 9.69.